The predicted octanol–water partition coefficient (Wildman–Crippen LogP) is 5.92. The number of hydroxylamine groups is 1. The molecule has 0 aromatic heterocycles. The second-order valence-corrected chi connectivity index (χ2v) is 9.17. The molecule has 2 aromatic carbocycles. The maximum absolute atomic E-state index is 14.4. The number of halogens is 3. The van der Waals surface area contributed by atoms with Crippen molar-refractivity contribution in [1.82, 2.24) is 5.48 Å². The highest BCUT2D eigenvalue weighted by Gasteiger charge is 2.20. The van der Waals surface area contributed by atoms with Crippen LogP contribution in [0.15, 0.2) is 30.3 Å². The summed E-state index contributed by atoms with van der Waals surface area (Å²) in [5.41, 5.74) is 1.78. The van der Waals surface area contributed by atoms with Crippen LogP contribution in [0.3, 0.4) is 0 Å². The molecule has 1 amide bonds. The number of hydrogen-bond acceptors (Lipinski definition) is 5. The maximum Gasteiger partial charge on any atom is 0.277 e. The normalized spacial score (nSPS) is 12.5. The number of thiol groups is 1. The van der Waals surface area contributed by atoms with Crippen LogP contribution in [-0.2, 0) is 9.57 Å². The number of rotatable bonds is 10. The molecule has 1 atom stereocenters. The van der Waals surface area contributed by atoms with Crippen LogP contribution in [0.2, 0.25) is 0 Å². The zero-order valence-corrected chi connectivity index (χ0v) is 19.5. The van der Waals surface area contributed by atoms with Crippen LogP contribution in [0.1, 0.15) is 49.5 Å². The molecule has 0 heterocycles. The summed E-state index contributed by atoms with van der Waals surface area (Å²) >= 11 is 4.32. The summed E-state index contributed by atoms with van der Waals surface area (Å²) in [6.07, 6.45) is 1.26. The van der Waals surface area contributed by atoms with E-state index in [1.807, 2.05) is 0 Å². The number of anilines is 2. The lowest BCUT2D eigenvalue weighted by molar-refractivity contribution is 0.0131. The summed E-state index contributed by atoms with van der Waals surface area (Å²) in [7, 11) is 0. The first-order chi connectivity index (χ1) is 15.0. The molecule has 2 N–H and O–H groups in total. The Balaban J connectivity index is 1.96. The van der Waals surface area contributed by atoms with E-state index in [9.17, 15) is 18.0 Å². The highest BCUT2D eigenvalue weighted by Crippen LogP contribution is 2.28. The Hall–Kier alpha value is -2.23. The van der Waals surface area contributed by atoms with Gasteiger partial charge in [0.25, 0.3) is 5.91 Å². The number of ether oxygens (including phenoxy) is 1. The number of benzene rings is 2. The molecular formula is C23H29F3N2O3S. The van der Waals surface area contributed by atoms with Crippen LogP contribution < -0.4 is 10.8 Å². The van der Waals surface area contributed by atoms with Gasteiger partial charge in [-0.05, 0) is 48.6 Å². The van der Waals surface area contributed by atoms with Gasteiger partial charge < -0.3 is 10.1 Å². The Morgan fingerprint density at radius 1 is 1.09 bits per heavy atom. The monoisotopic (exact) mass is 470 g/mol. The fourth-order valence-electron chi connectivity index (χ4n) is 2.63. The zero-order chi connectivity index (χ0) is 23.9. The van der Waals surface area contributed by atoms with Crippen LogP contribution in [0.4, 0.5) is 24.5 Å². The Labute approximate surface area is 192 Å². The summed E-state index contributed by atoms with van der Waals surface area (Å²) < 4.78 is 47.9. The molecule has 0 bridgehead atoms. The van der Waals surface area contributed by atoms with Gasteiger partial charge in [0.2, 0.25) is 0 Å². The molecule has 2 rings (SSSR count). The molecule has 2 aromatic rings. The van der Waals surface area contributed by atoms with Gasteiger partial charge in [-0.25, -0.2) is 18.7 Å². The highest BCUT2D eigenvalue weighted by molar-refractivity contribution is 7.80. The van der Waals surface area contributed by atoms with E-state index < -0.39 is 29.0 Å². The summed E-state index contributed by atoms with van der Waals surface area (Å²) in [5.74, 6) is -3.96. The molecule has 176 valence electrons. The van der Waals surface area contributed by atoms with Crippen molar-refractivity contribution in [3.63, 3.8) is 0 Å². The Morgan fingerprint density at radius 2 is 1.81 bits per heavy atom. The standard InChI is InChI=1S/C23H29F3N2O3S/c1-14-5-8-18(17(25)13-14)27-21-15(6-7-16(24)20(21)26)22(29)28-31-11-9-19(32)30-12-10-23(2,3)4/h5-8,13,19,27,32H,9-12H2,1-4H3,(H,28,29). The first-order valence-corrected chi connectivity index (χ1v) is 10.7. The topological polar surface area (TPSA) is 59.6 Å². The number of carbonyl (C=O) groups is 1. The fourth-order valence-corrected chi connectivity index (χ4v) is 2.84. The second kappa shape index (κ2) is 11.6. The largest absolute Gasteiger partial charge is 0.368 e. The number of hydrogen-bond donors (Lipinski definition) is 3. The molecule has 0 saturated carbocycles. The van der Waals surface area contributed by atoms with Crippen molar-refractivity contribution in [3.8, 4) is 0 Å². The summed E-state index contributed by atoms with van der Waals surface area (Å²) in [6.45, 7) is 8.65. The van der Waals surface area contributed by atoms with Crippen molar-refractivity contribution in [2.45, 2.75) is 46.0 Å². The molecule has 0 aliphatic carbocycles. The third kappa shape index (κ3) is 8.03. The number of nitrogens with one attached hydrogen (secondary N) is 2. The molecule has 0 aliphatic heterocycles. The highest BCUT2D eigenvalue weighted by atomic mass is 32.1. The Morgan fingerprint density at radius 3 is 2.47 bits per heavy atom. The van der Waals surface area contributed by atoms with E-state index in [0.29, 0.717) is 18.6 Å². The predicted molar refractivity (Wildman–Crippen MR) is 122 cm³/mol. The molecule has 0 fully saturated rings. The summed E-state index contributed by atoms with van der Waals surface area (Å²) in [5, 5.41) is 2.46. The molecular weight excluding hydrogens is 441 g/mol. The van der Waals surface area contributed by atoms with Crippen molar-refractivity contribution < 1.29 is 27.5 Å². The lowest BCUT2D eigenvalue weighted by Gasteiger charge is -2.19. The van der Waals surface area contributed by atoms with Gasteiger partial charge >= 0.3 is 0 Å². The first kappa shape index (κ1) is 26.0. The molecule has 0 spiro atoms. The molecule has 0 radical (unpaired) electrons. The lowest BCUT2D eigenvalue weighted by Crippen LogP contribution is -2.26. The van der Waals surface area contributed by atoms with Crippen molar-refractivity contribution in [3.05, 3.63) is 58.9 Å². The fraction of sp³-hybridized carbons (Fsp3) is 0.435. The Bertz CT molecular complexity index is 935. The summed E-state index contributed by atoms with van der Waals surface area (Å²) in [4.78, 5) is 17.6. The van der Waals surface area contributed by atoms with Crippen LogP contribution in [-0.4, -0.2) is 24.6 Å². The molecule has 32 heavy (non-hydrogen) atoms. The van der Waals surface area contributed by atoms with Gasteiger partial charge in [-0.1, -0.05) is 26.8 Å². The van der Waals surface area contributed by atoms with Gasteiger partial charge in [0.1, 0.15) is 11.3 Å². The average Bonchev–Trinajstić information content (AvgIpc) is 2.69. The lowest BCUT2D eigenvalue weighted by atomic mass is 9.93. The van der Waals surface area contributed by atoms with Crippen molar-refractivity contribution in [1.29, 1.82) is 0 Å². The van der Waals surface area contributed by atoms with Crippen molar-refractivity contribution in [2.24, 2.45) is 5.41 Å². The minimum Gasteiger partial charge on any atom is -0.368 e. The average molecular weight is 471 g/mol. The third-order valence-corrected chi connectivity index (χ3v) is 4.93. The molecule has 0 saturated heterocycles. The number of carbonyl (C=O) groups excluding carboxylic acids is 1. The zero-order valence-electron chi connectivity index (χ0n) is 18.6. The van der Waals surface area contributed by atoms with Gasteiger partial charge in [-0.15, -0.1) is 12.6 Å². The van der Waals surface area contributed by atoms with E-state index in [0.717, 1.165) is 18.6 Å². The van der Waals surface area contributed by atoms with Crippen molar-refractivity contribution in [2.75, 3.05) is 18.5 Å². The van der Waals surface area contributed by atoms with E-state index >= 15 is 0 Å². The van der Waals surface area contributed by atoms with Crippen LogP contribution in [0.25, 0.3) is 0 Å². The molecule has 5 nitrogen and oxygen atoms in total. The molecule has 0 aliphatic rings. The van der Waals surface area contributed by atoms with E-state index in [1.165, 1.54) is 12.1 Å². The quantitative estimate of drug-likeness (QED) is 0.175. The third-order valence-electron chi connectivity index (χ3n) is 4.52. The molecule has 9 heteroatoms. The smallest absolute Gasteiger partial charge is 0.277 e. The molecule has 1 unspecified atom stereocenters. The van der Waals surface area contributed by atoms with Gasteiger partial charge in [-0.3, -0.25) is 9.63 Å². The minimum atomic E-state index is -1.31. The van der Waals surface area contributed by atoms with Gasteiger partial charge in [0, 0.05) is 13.0 Å². The van der Waals surface area contributed by atoms with E-state index in [2.05, 4.69) is 44.2 Å². The van der Waals surface area contributed by atoms with Crippen LogP contribution >= 0.6 is 12.6 Å². The van der Waals surface area contributed by atoms with E-state index in [4.69, 9.17) is 9.57 Å². The van der Waals surface area contributed by atoms with Gasteiger partial charge in [0.05, 0.1) is 23.5 Å². The number of amides is 1. The second-order valence-electron chi connectivity index (χ2n) is 8.60. The Kier molecular flexibility index (Phi) is 9.42. The van der Waals surface area contributed by atoms with Crippen LogP contribution in [0.5, 0.6) is 0 Å². The van der Waals surface area contributed by atoms with E-state index in [-0.39, 0.29) is 28.7 Å². The van der Waals surface area contributed by atoms with Gasteiger partial charge in [0.15, 0.2) is 11.6 Å². The van der Waals surface area contributed by atoms with Crippen molar-refractivity contribution >= 4 is 29.9 Å². The van der Waals surface area contributed by atoms with Gasteiger partial charge in [-0.2, -0.15) is 0 Å². The summed E-state index contributed by atoms with van der Waals surface area (Å²) in [6, 6.07) is 6.11. The SMILES string of the molecule is Cc1ccc(Nc2c(C(=O)NOCCC(S)OCCC(C)(C)C)ccc(F)c2F)c(F)c1. The van der Waals surface area contributed by atoms with E-state index in [1.54, 1.807) is 13.0 Å². The number of aryl methyl sites for hydroxylation is 1. The van der Waals surface area contributed by atoms with Crippen LogP contribution in [0, 0.1) is 29.8 Å². The maximum atomic E-state index is 14.4. The minimum absolute atomic E-state index is 0.0917. The first-order valence-electron chi connectivity index (χ1n) is 10.2.